The highest BCUT2D eigenvalue weighted by Gasteiger charge is 2.30. The van der Waals surface area contributed by atoms with Crippen molar-refractivity contribution in [2.75, 3.05) is 50.1 Å². The molecule has 3 aliphatic heterocycles. The van der Waals surface area contributed by atoms with Gasteiger partial charge in [0.25, 0.3) is 11.8 Å². The van der Waals surface area contributed by atoms with Gasteiger partial charge in [-0.2, -0.15) is 0 Å². The molecule has 16 heteroatoms. The first-order chi connectivity index (χ1) is 33.1. The molecular weight excluding hydrogens is 883 g/mol. The highest BCUT2D eigenvalue weighted by Crippen LogP contribution is 2.36. The number of nitrogens with one attached hydrogen (secondary N) is 3. The summed E-state index contributed by atoms with van der Waals surface area (Å²) in [7, 11) is 1.57. The van der Waals surface area contributed by atoms with E-state index in [1.807, 2.05) is 21.9 Å². The Kier molecular flexibility index (Phi) is 13.3. The Bertz CT molecular complexity index is 2930. The zero-order chi connectivity index (χ0) is 48.6. The molecule has 6 aromatic rings. The second-order valence-electron chi connectivity index (χ2n) is 18.6. The summed E-state index contributed by atoms with van der Waals surface area (Å²) in [4.78, 5) is 57.1. The molecule has 0 atom stereocenters. The van der Waals surface area contributed by atoms with Gasteiger partial charge in [0.2, 0.25) is 5.91 Å². The van der Waals surface area contributed by atoms with Gasteiger partial charge in [-0.3, -0.25) is 19.3 Å². The van der Waals surface area contributed by atoms with Gasteiger partial charge in [0.05, 0.1) is 41.9 Å². The number of ether oxygens (including phenoxy) is 2. The first-order valence-electron chi connectivity index (χ1n) is 23.3. The molecule has 3 saturated heterocycles. The lowest BCUT2D eigenvalue weighted by Gasteiger charge is -2.37. The summed E-state index contributed by atoms with van der Waals surface area (Å²) in [6.07, 6.45) is 5.46. The van der Waals surface area contributed by atoms with Crippen molar-refractivity contribution < 1.29 is 37.7 Å². The molecule has 0 bridgehead atoms. The molecule has 3 fully saturated rings. The lowest BCUT2D eigenvalue weighted by molar-refractivity contribution is -0.120. The van der Waals surface area contributed by atoms with Crippen LogP contribution in [0.3, 0.4) is 0 Å². The van der Waals surface area contributed by atoms with E-state index >= 15 is 8.78 Å². The number of carbonyl (C=O) groups is 3. The summed E-state index contributed by atoms with van der Waals surface area (Å²) in [5, 5.41) is 16.4. The zero-order valence-corrected chi connectivity index (χ0v) is 39.2. The average molecular weight is 939 g/mol. The molecular formula is C53H56F2N8O6. The number of fused-ring (bicyclic) bond motifs is 1. The van der Waals surface area contributed by atoms with Crippen molar-refractivity contribution in [3.05, 3.63) is 137 Å². The van der Waals surface area contributed by atoms with E-state index in [2.05, 4.69) is 61.3 Å². The lowest BCUT2D eigenvalue weighted by Crippen LogP contribution is -2.43. The van der Waals surface area contributed by atoms with Crippen LogP contribution in [-0.4, -0.2) is 99.6 Å². The average Bonchev–Trinajstić information content (AvgIpc) is 3.78. The van der Waals surface area contributed by atoms with Crippen LogP contribution in [0.2, 0.25) is 0 Å². The second kappa shape index (κ2) is 19.5. The molecule has 0 spiro atoms. The van der Waals surface area contributed by atoms with Gasteiger partial charge in [0.1, 0.15) is 35.2 Å². The van der Waals surface area contributed by atoms with Crippen molar-refractivity contribution in [3.8, 4) is 28.3 Å². The van der Waals surface area contributed by atoms with Gasteiger partial charge < -0.3 is 40.0 Å². The van der Waals surface area contributed by atoms with Gasteiger partial charge in [-0.15, -0.1) is 0 Å². The summed E-state index contributed by atoms with van der Waals surface area (Å²) in [5.74, 6) is -1.24. The maximum atomic E-state index is 15.2. The number of halogens is 2. The Balaban J connectivity index is 0.771. The number of likely N-dealkylation sites (tertiary alicyclic amines) is 2. The van der Waals surface area contributed by atoms with Gasteiger partial charge in [-0.1, -0.05) is 36.9 Å². The molecule has 69 heavy (non-hydrogen) atoms. The van der Waals surface area contributed by atoms with Crippen LogP contribution in [0.5, 0.6) is 5.75 Å². The third-order valence-corrected chi connectivity index (χ3v) is 13.4. The summed E-state index contributed by atoms with van der Waals surface area (Å²) >= 11 is 0. The highest BCUT2D eigenvalue weighted by molar-refractivity contribution is 6.06. The first-order valence-corrected chi connectivity index (χ1v) is 23.3. The number of aliphatic hydroxyl groups is 1. The number of H-pyrrole nitrogens is 1. The molecule has 0 saturated carbocycles. The number of carbonyl (C=O) groups excluding carboxylic acids is 3. The quantitative estimate of drug-likeness (QED) is 0.0936. The number of amides is 3. The number of aromatic amines is 1. The molecule has 0 aliphatic carbocycles. The SMILES string of the molecule is C=C1NC(=O)CCN1c1ccc(C(=O)N2CCC(OC3CCN(Cc4ccc(-c5cc6c(-c7cc(F)cc(NC(=O)c8ccc(C(C)(C)O)cc8F)c7C)ncnc6[nH]5)cc4)CC3)CC2)cc1OC. The minimum absolute atomic E-state index is 0.0420. The monoisotopic (exact) mass is 938 g/mol. The molecule has 4 N–H and O–H groups in total. The first kappa shape index (κ1) is 47.1. The minimum Gasteiger partial charge on any atom is -0.495 e. The molecule has 14 nitrogen and oxygen atoms in total. The minimum atomic E-state index is -1.29. The topological polar surface area (TPSA) is 165 Å². The van der Waals surface area contributed by atoms with E-state index in [0.29, 0.717) is 76.6 Å². The number of nitrogens with zero attached hydrogens (tertiary/aromatic N) is 5. The van der Waals surface area contributed by atoms with Crippen LogP contribution in [0.25, 0.3) is 33.5 Å². The number of hydrogen-bond acceptors (Lipinski definition) is 10. The maximum absolute atomic E-state index is 15.2. The van der Waals surface area contributed by atoms with E-state index in [-0.39, 0.29) is 35.3 Å². The molecule has 358 valence electrons. The Labute approximate surface area is 399 Å². The molecule has 3 amide bonds. The van der Waals surface area contributed by atoms with Crippen molar-refractivity contribution in [2.45, 2.75) is 77.2 Å². The van der Waals surface area contributed by atoms with Crippen LogP contribution in [0.1, 0.15) is 83.4 Å². The van der Waals surface area contributed by atoms with Gasteiger partial charge in [0.15, 0.2) is 0 Å². The van der Waals surface area contributed by atoms with Gasteiger partial charge in [-0.25, -0.2) is 18.7 Å². The molecule has 5 heterocycles. The predicted molar refractivity (Wildman–Crippen MR) is 260 cm³/mol. The van der Waals surface area contributed by atoms with E-state index in [9.17, 15) is 19.5 Å². The molecule has 2 aromatic heterocycles. The Morgan fingerprint density at radius 2 is 1.64 bits per heavy atom. The van der Waals surface area contributed by atoms with Crippen molar-refractivity contribution >= 4 is 40.1 Å². The Morgan fingerprint density at radius 3 is 2.32 bits per heavy atom. The second-order valence-corrected chi connectivity index (χ2v) is 18.6. The molecule has 9 rings (SSSR count). The Hall–Kier alpha value is -7.01. The number of anilines is 2. The van der Waals surface area contributed by atoms with Crippen molar-refractivity contribution in [1.82, 2.24) is 30.1 Å². The van der Waals surface area contributed by atoms with Gasteiger partial charge in [0, 0.05) is 73.6 Å². The summed E-state index contributed by atoms with van der Waals surface area (Å²) in [6, 6.07) is 22.2. The third-order valence-electron chi connectivity index (χ3n) is 13.4. The molecule has 0 radical (unpaired) electrons. The molecule has 4 aromatic carbocycles. The van der Waals surface area contributed by atoms with Crippen LogP contribution in [-0.2, 0) is 21.7 Å². The van der Waals surface area contributed by atoms with Crippen LogP contribution in [0, 0.1) is 18.6 Å². The fourth-order valence-electron chi connectivity index (χ4n) is 9.47. The number of hydrogen-bond donors (Lipinski definition) is 4. The van der Waals surface area contributed by atoms with Crippen LogP contribution >= 0.6 is 0 Å². The molecule has 3 aliphatic rings. The van der Waals surface area contributed by atoms with Gasteiger partial charge >= 0.3 is 0 Å². The van der Waals surface area contributed by atoms with E-state index in [1.54, 1.807) is 26.2 Å². The summed E-state index contributed by atoms with van der Waals surface area (Å²) in [5.41, 5.74) is 5.22. The van der Waals surface area contributed by atoms with E-state index in [1.165, 1.54) is 50.0 Å². The highest BCUT2D eigenvalue weighted by atomic mass is 19.1. The largest absolute Gasteiger partial charge is 0.495 e. The van der Waals surface area contributed by atoms with E-state index in [4.69, 9.17) is 9.47 Å². The normalized spacial score (nSPS) is 16.5. The third kappa shape index (κ3) is 10.2. The van der Waals surface area contributed by atoms with E-state index < -0.39 is 23.1 Å². The number of methoxy groups -OCH3 is 1. The smallest absolute Gasteiger partial charge is 0.258 e. The fourth-order valence-corrected chi connectivity index (χ4v) is 9.47. The predicted octanol–water partition coefficient (Wildman–Crippen LogP) is 8.45. The maximum Gasteiger partial charge on any atom is 0.258 e. The Morgan fingerprint density at radius 1 is 0.913 bits per heavy atom. The summed E-state index contributed by atoms with van der Waals surface area (Å²) < 4.78 is 42.5. The number of aromatic nitrogens is 3. The standard InChI is InChI=1S/C53H56F2N8O6/c1-31-41(26-37(54)27-44(31)60-51(65)40-12-11-36(25-43(40)55)53(3,4)67)49-42-28-45(59-50(42)57-30-56-49)34-8-6-33(7-9-34)29-61-19-14-38(15-20-61)69-39-16-21-62(22-17-39)52(66)35-10-13-46(47(24-35)68-5)63-23-18-48(64)58-32(63)2/h6-13,24-28,30,38-39,67H,2,14-23,29H2,1,3-5H3,(H,58,64)(H,60,65)(H,56,57,59). The van der Waals surface area contributed by atoms with Crippen molar-refractivity contribution in [3.63, 3.8) is 0 Å². The van der Waals surface area contributed by atoms with Crippen LogP contribution in [0.15, 0.2) is 97.6 Å². The zero-order valence-electron chi connectivity index (χ0n) is 39.2. The number of benzene rings is 4. The lowest BCUT2D eigenvalue weighted by atomic mass is 9.96. The fraction of sp³-hybridized carbons (Fsp3) is 0.340. The number of rotatable bonds is 12. The van der Waals surface area contributed by atoms with Gasteiger partial charge in [-0.05, 0) is 117 Å². The summed E-state index contributed by atoms with van der Waals surface area (Å²) in [6.45, 7) is 13.1. The van der Waals surface area contributed by atoms with Crippen LogP contribution < -0.4 is 20.3 Å². The van der Waals surface area contributed by atoms with Crippen molar-refractivity contribution in [1.29, 1.82) is 0 Å². The van der Waals surface area contributed by atoms with E-state index in [0.717, 1.165) is 68.3 Å². The molecule has 0 unspecified atom stereocenters. The van der Waals surface area contributed by atoms with Crippen LogP contribution in [0.4, 0.5) is 20.2 Å². The van der Waals surface area contributed by atoms with Crippen molar-refractivity contribution in [2.24, 2.45) is 0 Å². The number of piperidine rings is 2.